The van der Waals surface area contributed by atoms with Gasteiger partial charge in [0.25, 0.3) is 0 Å². The Hall–Kier alpha value is -0.880. The van der Waals surface area contributed by atoms with Gasteiger partial charge in [0.2, 0.25) is 12.3 Å². The number of aliphatic hydroxyl groups excluding tert-OH is 1. The highest BCUT2D eigenvalue weighted by atomic mass is 79.9. The Kier molecular flexibility index (Phi) is 12.2. The van der Waals surface area contributed by atoms with Crippen LogP contribution in [0.3, 0.4) is 0 Å². The fourth-order valence-electron chi connectivity index (χ4n) is 7.07. The average molecular weight is 632 g/mol. The molecule has 2 aromatic rings. The first kappa shape index (κ1) is 33.1. The van der Waals surface area contributed by atoms with Crippen LogP contribution in [-0.2, 0) is 13.1 Å². The lowest BCUT2D eigenvalue weighted by Crippen LogP contribution is -3.00. The van der Waals surface area contributed by atoms with Crippen LogP contribution in [-0.4, -0.2) is 107 Å². The normalized spacial score (nSPS) is 29.8. The Morgan fingerprint density at radius 1 is 0.611 bits per heavy atom. The van der Waals surface area contributed by atoms with Gasteiger partial charge in [0.05, 0.1) is 52.4 Å². The third-order valence-corrected chi connectivity index (χ3v) is 8.70. The molecule has 0 saturated carbocycles. The first-order valence-corrected chi connectivity index (χ1v) is 12.3. The predicted octanol–water partition coefficient (Wildman–Crippen LogP) is -5.09. The quantitative estimate of drug-likeness (QED) is 0.343. The molecule has 0 bridgehead atoms. The van der Waals surface area contributed by atoms with Crippen molar-refractivity contribution >= 4 is 0 Å². The zero-order valence-electron chi connectivity index (χ0n) is 21.8. The number of piperazine rings is 2. The second-order valence-corrected chi connectivity index (χ2v) is 10.5. The van der Waals surface area contributed by atoms with Gasteiger partial charge in [-0.3, -0.25) is 8.97 Å². The molecule has 9 heteroatoms. The van der Waals surface area contributed by atoms with Crippen LogP contribution >= 0.6 is 0 Å². The number of nitrogens with zero attached hydrogens (tertiary/aromatic N) is 4. The van der Waals surface area contributed by atoms with E-state index in [1.807, 2.05) is 0 Å². The first-order valence-electron chi connectivity index (χ1n) is 12.3. The Balaban J connectivity index is 0.00000106. The lowest BCUT2D eigenvalue weighted by atomic mass is 10.0. The third kappa shape index (κ3) is 5.75. The highest BCUT2D eigenvalue weighted by Crippen LogP contribution is 2.44. The lowest BCUT2D eigenvalue weighted by Gasteiger charge is -2.56. The van der Waals surface area contributed by atoms with Crippen LogP contribution in [0.15, 0.2) is 48.5 Å². The predicted molar refractivity (Wildman–Crippen MR) is 136 cm³/mol. The number of hydrogen-bond donors (Lipinski definition) is 1. The molecule has 5 N–H and O–H groups in total. The number of halogens is 2. The molecule has 4 aliphatic rings. The smallest absolute Gasteiger partial charge is 0.214 e. The zero-order valence-corrected chi connectivity index (χ0v) is 25.0. The van der Waals surface area contributed by atoms with Crippen LogP contribution in [0.4, 0.5) is 0 Å². The van der Waals surface area contributed by atoms with E-state index in [0.717, 1.165) is 7.11 Å². The van der Waals surface area contributed by atoms with Crippen LogP contribution in [0.1, 0.15) is 22.3 Å². The van der Waals surface area contributed by atoms with Crippen LogP contribution < -0.4 is 34.0 Å². The van der Waals surface area contributed by atoms with Gasteiger partial charge < -0.3 is 50.0 Å². The minimum absolute atomic E-state index is 0. The van der Waals surface area contributed by atoms with Crippen molar-refractivity contribution in [1.82, 2.24) is 9.80 Å². The van der Waals surface area contributed by atoms with Crippen molar-refractivity contribution in [2.45, 2.75) is 39.3 Å². The summed E-state index contributed by atoms with van der Waals surface area (Å²) in [6.45, 7) is 17.2. The topological polar surface area (TPSA) is 89.7 Å². The van der Waals surface area contributed by atoms with Crippen molar-refractivity contribution in [3.63, 3.8) is 0 Å². The van der Waals surface area contributed by atoms with E-state index in [-0.39, 0.29) is 44.9 Å². The summed E-state index contributed by atoms with van der Waals surface area (Å²) >= 11 is 0. The molecule has 7 nitrogen and oxygen atoms in total. The molecule has 2 atom stereocenters. The fraction of sp³-hybridized carbons (Fsp3) is 0.556. The van der Waals surface area contributed by atoms with E-state index >= 15 is 0 Å². The van der Waals surface area contributed by atoms with Gasteiger partial charge in [-0.1, -0.05) is 59.7 Å². The molecule has 0 radical (unpaired) electrons. The largest absolute Gasteiger partial charge is 1.00 e. The highest BCUT2D eigenvalue weighted by molar-refractivity contribution is 5.22. The molecule has 0 amide bonds. The molecule has 0 aliphatic carbocycles. The minimum atomic E-state index is 0. The number of hydrogen-bond acceptors (Lipinski definition) is 3. The van der Waals surface area contributed by atoms with E-state index in [1.165, 1.54) is 96.7 Å². The van der Waals surface area contributed by atoms with Crippen molar-refractivity contribution < 1.29 is 59.0 Å². The number of aliphatic hydroxyl groups is 1. The minimum Gasteiger partial charge on any atom is -1.00 e. The van der Waals surface area contributed by atoms with Gasteiger partial charge in [0.1, 0.15) is 13.1 Å². The van der Waals surface area contributed by atoms with Crippen LogP contribution in [0.2, 0.25) is 0 Å². The maximum atomic E-state index is 7.00. The summed E-state index contributed by atoms with van der Waals surface area (Å²) in [5.74, 6) is 0. The van der Waals surface area contributed by atoms with Gasteiger partial charge in [0.15, 0.2) is 0 Å². The van der Waals surface area contributed by atoms with Gasteiger partial charge in [-0.05, 0) is 13.8 Å². The first-order chi connectivity index (χ1) is 15.6. The molecule has 204 valence electrons. The van der Waals surface area contributed by atoms with Crippen LogP contribution in [0.25, 0.3) is 0 Å². The third-order valence-electron chi connectivity index (χ3n) is 8.70. The van der Waals surface area contributed by atoms with E-state index in [1.54, 1.807) is 0 Å². The fourth-order valence-corrected chi connectivity index (χ4v) is 7.07. The standard InChI is InChI=1S/C26H36N4.CH4O.2BrH.2H2O/c1-21-3-7-23(8-4-21)19-29-15-11-27-14-18-30(20-24-9-5-22(2)6-10-24)16-12-28(13-17-29)26(30)25(27)29;1-2;;;;/h3-10,25-26H,11-20H2,1-2H3;2H,1H3;2*1H;2*1H2/q+2;;;;;/p-2/t25-,26-,29-,30-;;;;;/m1...../s1. The number of rotatable bonds is 4. The van der Waals surface area contributed by atoms with E-state index in [9.17, 15) is 0 Å². The molecule has 0 aromatic heterocycles. The van der Waals surface area contributed by atoms with Crippen molar-refractivity contribution in [2.75, 3.05) is 59.5 Å². The van der Waals surface area contributed by atoms with E-state index in [2.05, 4.69) is 72.2 Å². The van der Waals surface area contributed by atoms with E-state index in [0.29, 0.717) is 12.3 Å². The monoisotopic (exact) mass is 630 g/mol. The molecule has 4 aliphatic heterocycles. The molecule has 4 heterocycles. The second kappa shape index (κ2) is 13.3. The van der Waals surface area contributed by atoms with Crippen molar-refractivity contribution in [3.05, 3.63) is 70.8 Å². The van der Waals surface area contributed by atoms with E-state index < -0.39 is 0 Å². The van der Waals surface area contributed by atoms with Crippen LogP contribution in [0.5, 0.6) is 0 Å². The molecule has 0 unspecified atom stereocenters. The summed E-state index contributed by atoms with van der Waals surface area (Å²) < 4.78 is 2.58. The van der Waals surface area contributed by atoms with Crippen molar-refractivity contribution in [1.29, 1.82) is 0 Å². The molecule has 4 saturated heterocycles. The van der Waals surface area contributed by atoms with Gasteiger partial charge >= 0.3 is 0 Å². The van der Waals surface area contributed by atoms with Gasteiger partial charge in [-0.25, -0.2) is 9.80 Å². The maximum absolute atomic E-state index is 7.00. The van der Waals surface area contributed by atoms with Gasteiger partial charge in [0, 0.05) is 18.2 Å². The number of aryl methyl sites for hydroxylation is 2. The summed E-state index contributed by atoms with van der Waals surface area (Å²) in [5, 5.41) is 7.00. The summed E-state index contributed by atoms with van der Waals surface area (Å²) in [4.78, 5) is 5.73. The molecular weight excluding hydrogens is 588 g/mol. The van der Waals surface area contributed by atoms with E-state index in [4.69, 9.17) is 5.11 Å². The van der Waals surface area contributed by atoms with Crippen molar-refractivity contribution in [2.24, 2.45) is 0 Å². The molecule has 2 aromatic carbocycles. The van der Waals surface area contributed by atoms with Crippen molar-refractivity contribution in [3.8, 4) is 0 Å². The molecule has 4 fully saturated rings. The Bertz CT molecular complexity index is 872. The molecule has 6 rings (SSSR count). The zero-order chi connectivity index (χ0) is 22.3. The molecule has 36 heavy (non-hydrogen) atoms. The Morgan fingerprint density at radius 2 is 0.889 bits per heavy atom. The summed E-state index contributed by atoms with van der Waals surface area (Å²) in [6, 6.07) is 18.7. The van der Waals surface area contributed by atoms with Crippen LogP contribution in [0, 0.1) is 13.8 Å². The Labute approximate surface area is 237 Å². The summed E-state index contributed by atoms with van der Waals surface area (Å²) in [7, 11) is 1.00. The number of quaternary nitrogens is 2. The number of benzene rings is 2. The summed E-state index contributed by atoms with van der Waals surface area (Å²) in [6.07, 6.45) is 1.34. The van der Waals surface area contributed by atoms with Gasteiger partial charge in [-0.2, -0.15) is 0 Å². The second-order valence-electron chi connectivity index (χ2n) is 10.5. The molecular formula is C27H44Br2N4O3. The highest BCUT2D eigenvalue weighted by Gasteiger charge is 2.67. The molecule has 0 spiro atoms. The Morgan fingerprint density at radius 3 is 1.17 bits per heavy atom. The lowest BCUT2D eigenvalue weighted by molar-refractivity contribution is -1.04. The average Bonchev–Trinajstić information content (AvgIpc) is 3.37. The summed E-state index contributed by atoms with van der Waals surface area (Å²) in [5.41, 5.74) is 5.79. The maximum Gasteiger partial charge on any atom is 0.214 e. The SMILES string of the molecule is CO.Cc1ccc(C[N@+]23CCN4CC[N@+]5(Cc6ccc(C)cc6)CCN(CC2)[C@H]3[C@H]45)cc1.O.O.[Br-].[Br-]. The van der Waals surface area contributed by atoms with Gasteiger partial charge in [-0.15, -0.1) is 0 Å².